The average molecular weight is 316 g/mol. The van der Waals surface area contributed by atoms with E-state index in [1.807, 2.05) is 13.1 Å². The van der Waals surface area contributed by atoms with Gasteiger partial charge in [0.25, 0.3) is 0 Å². The Balaban J connectivity index is 1.53. The Morgan fingerprint density at radius 1 is 1.12 bits per heavy atom. The Bertz CT molecular complexity index is 915. The molecule has 3 aromatic rings. The molecule has 1 fully saturated rings. The van der Waals surface area contributed by atoms with Gasteiger partial charge in [-0.05, 0) is 37.5 Å². The van der Waals surface area contributed by atoms with E-state index in [1.54, 1.807) is 0 Å². The molecule has 0 aliphatic carbocycles. The summed E-state index contributed by atoms with van der Waals surface area (Å²) in [5.41, 5.74) is 5.06. The van der Waals surface area contributed by atoms with Gasteiger partial charge in [-0.25, -0.2) is 9.97 Å². The molecule has 0 N–H and O–H groups in total. The van der Waals surface area contributed by atoms with Gasteiger partial charge in [0.05, 0.1) is 11.2 Å². The number of para-hydroxylation sites is 1. The summed E-state index contributed by atoms with van der Waals surface area (Å²) in [5, 5.41) is 1.27. The van der Waals surface area contributed by atoms with Crippen molar-refractivity contribution >= 4 is 10.9 Å². The van der Waals surface area contributed by atoms with Gasteiger partial charge in [-0.3, -0.25) is 9.88 Å². The number of pyridine rings is 1. The Kier molecular flexibility index (Phi) is 3.13. The molecule has 2 aliphatic heterocycles. The van der Waals surface area contributed by atoms with E-state index in [4.69, 9.17) is 4.98 Å². The van der Waals surface area contributed by atoms with Gasteiger partial charge >= 0.3 is 0 Å². The van der Waals surface area contributed by atoms with Gasteiger partial charge in [0, 0.05) is 48.4 Å². The Morgan fingerprint density at radius 2 is 2.04 bits per heavy atom. The average Bonchev–Trinajstić information content (AvgIpc) is 2.88. The number of hydrogen-bond donors (Lipinski definition) is 0. The van der Waals surface area contributed by atoms with Crippen LogP contribution in [0.5, 0.6) is 0 Å². The molecule has 4 heterocycles. The van der Waals surface area contributed by atoms with Crippen molar-refractivity contribution in [1.29, 1.82) is 0 Å². The van der Waals surface area contributed by atoms with E-state index in [9.17, 15) is 0 Å². The first-order valence-corrected chi connectivity index (χ1v) is 8.70. The van der Waals surface area contributed by atoms with Crippen molar-refractivity contribution in [3.63, 3.8) is 0 Å². The summed E-state index contributed by atoms with van der Waals surface area (Å²) in [6.45, 7) is 2.96. The van der Waals surface area contributed by atoms with E-state index in [0.717, 1.165) is 24.3 Å². The van der Waals surface area contributed by atoms with E-state index < -0.39 is 0 Å². The molecule has 2 aliphatic rings. The molecule has 1 aromatic carbocycles. The third-order valence-corrected chi connectivity index (χ3v) is 5.54. The molecule has 0 amide bonds. The van der Waals surface area contributed by atoms with E-state index in [-0.39, 0.29) is 0 Å². The summed E-state index contributed by atoms with van der Waals surface area (Å²) >= 11 is 0. The summed E-state index contributed by atoms with van der Waals surface area (Å²) in [6.07, 6.45) is 7.51. The smallest absolute Gasteiger partial charge is 0.125 e. The lowest BCUT2D eigenvalue weighted by molar-refractivity contribution is 0.166. The monoisotopic (exact) mass is 316 g/mol. The lowest BCUT2D eigenvalue weighted by Gasteiger charge is -2.35. The zero-order valence-electron chi connectivity index (χ0n) is 13.8. The summed E-state index contributed by atoms with van der Waals surface area (Å²) in [7, 11) is 0. The maximum Gasteiger partial charge on any atom is 0.125 e. The van der Waals surface area contributed by atoms with Crippen LogP contribution in [-0.2, 0) is 13.0 Å². The highest BCUT2D eigenvalue weighted by Gasteiger charge is 2.40. The second-order valence-electron chi connectivity index (χ2n) is 6.93. The molecule has 0 radical (unpaired) electrons. The normalized spacial score (nSPS) is 22.7. The zero-order chi connectivity index (χ0) is 16.1. The van der Waals surface area contributed by atoms with Crippen LogP contribution in [-0.4, -0.2) is 25.9 Å². The molecule has 4 nitrogen and oxygen atoms in total. The van der Waals surface area contributed by atoms with Gasteiger partial charge in [0.1, 0.15) is 5.82 Å². The third-order valence-electron chi connectivity index (χ3n) is 5.54. The molecule has 0 spiro atoms. The third kappa shape index (κ3) is 2.13. The van der Waals surface area contributed by atoms with Gasteiger partial charge in [0.2, 0.25) is 0 Å². The Labute approximate surface area is 141 Å². The van der Waals surface area contributed by atoms with Crippen LogP contribution in [0.15, 0.2) is 42.7 Å². The number of aromatic nitrogens is 3. The molecule has 2 aromatic heterocycles. The minimum Gasteiger partial charge on any atom is -0.289 e. The van der Waals surface area contributed by atoms with Crippen LogP contribution < -0.4 is 0 Å². The second-order valence-corrected chi connectivity index (χ2v) is 6.93. The quantitative estimate of drug-likeness (QED) is 0.724. The number of nitrogens with zero attached hydrogens (tertiary/aromatic N) is 4. The van der Waals surface area contributed by atoms with Crippen molar-refractivity contribution in [3.8, 4) is 0 Å². The molecule has 4 heteroatoms. The lowest BCUT2D eigenvalue weighted by atomic mass is 9.98. The van der Waals surface area contributed by atoms with Gasteiger partial charge < -0.3 is 0 Å². The molecule has 0 saturated carbocycles. The highest BCUT2D eigenvalue weighted by atomic mass is 15.2. The van der Waals surface area contributed by atoms with Crippen molar-refractivity contribution in [2.75, 3.05) is 0 Å². The molecule has 1 saturated heterocycles. The van der Waals surface area contributed by atoms with Crippen molar-refractivity contribution in [3.05, 3.63) is 65.4 Å². The predicted molar refractivity (Wildman–Crippen MR) is 93.5 cm³/mol. The largest absolute Gasteiger partial charge is 0.289 e. The fourth-order valence-electron chi connectivity index (χ4n) is 4.41. The molecule has 5 rings (SSSR count). The standard InChI is InChI=1S/C20H20N4/c1-13-22-11-17-19(23-13)10-15-6-7-20(17)24(15)12-14-8-9-21-18-5-3-2-4-16(14)18/h2-5,8-9,11,15,20H,6-7,10,12H2,1H3/t15-,20-/m0/s1. The van der Waals surface area contributed by atoms with E-state index >= 15 is 0 Å². The van der Waals surface area contributed by atoms with E-state index in [0.29, 0.717) is 12.1 Å². The molecule has 120 valence electrons. The Morgan fingerprint density at radius 3 is 3.00 bits per heavy atom. The number of hydrogen-bond acceptors (Lipinski definition) is 4. The van der Waals surface area contributed by atoms with Crippen LogP contribution in [0.2, 0.25) is 0 Å². The van der Waals surface area contributed by atoms with E-state index in [1.165, 1.54) is 35.0 Å². The first-order chi connectivity index (χ1) is 11.8. The minimum atomic E-state index is 0.464. The molecule has 2 atom stereocenters. The topological polar surface area (TPSA) is 41.9 Å². The van der Waals surface area contributed by atoms with Crippen LogP contribution in [0.4, 0.5) is 0 Å². The fourth-order valence-corrected chi connectivity index (χ4v) is 4.41. The molecule has 2 bridgehead atoms. The van der Waals surface area contributed by atoms with Crippen LogP contribution in [0.3, 0.4) is 0 Å². The maximum atomic E-state index is 4.70. The Hall–Kier alpha value is -2.33. The number of rotatable bonds is 2. The first kappa shape index (κ1) is 14.1. The first-order valence-electron chi connectivity index (χ1n) is 8.70. The van der Waals surface area contributed by atoms with Crippen molar-refractivity contribution < 1.29 is 0 Å². The van der Waals surface area contributed by atoms with Crippen LogP contribution in [0.25, 0.3) is 10.9 Å². The number of fused-ring (bicyclic) bond motifs is 5. The van der Waals surface area contributed by atoms with Gasteiger partial charge in [-0.2, -0.15) is 0 Å². The molecule has 0 unspecified atom stereocenters. The van der Waals surface area contributed by atoms with Crippen LogP contribution in [0.1, 0.15) is 41.5 Å². The summed E-state index contributed by atoms with van der Waals surface area (Å²) in [4.78, 5) is 16.3. The van der Waals surface area contributed by atoms with E-state index in [2.05, 4.69) is 51.4 Å². The van der Waals surface area contributed by atoms with Gasteiger partial charge in [0.15, 0.2) is 0 Å². The molecule has 24 heavy (non-hydrogen) atoms. The van der Waals surface area contributed by atoms with Crippen LogP contribution >= 0.6 is 0 Å². The van der Waals surface area contributed by atoms with Gasteiger partial charge in [-0.1, -0.05) is 18.2 Å². The molecular formula is C20H20N4. The number of aryl methyl sites for hydroxylation is 1. The van der Waals surface area contributed by atoms with Crippen LogP contribution in [0, 0.1) is 6.92 Å². The second kappa shape index (κ2) is 5.35. The molecular weight excluding hydrogens is 296 g/mol. The summed E-state index contributed by atoms with van der Waals surface area (Å²) in [6, 6.07) is 11.7. The fraction of sp³-hybridized carbons (Fsp3) is 0.350. The SMILES string of the molecule is Cc1ncc2c(n1)C[C@@H]1CC[C@@H]2N1Cc1ccnc2ccccc12. The predicted octanol–water partition coefficient (Wildman–Crippen LogP) is 3.60. The van der Waals surface area contributed by atoms with Crippen molar-refractivity contribution in [2.24, 2.45) is 0 Å². The van der Waals surface area contributed by atoms with Gasteiger partial charge in [-0.15, -0.1) is 0 Å². The highest BCUT2D eigenvalue weighted by Crippen LogP contribution is 2.43. The maximum absolute atomic E-state index is 4.70. The lowest BCUT2D eigenvalue weighted by Crippen LogP contribution is -2.37. The highest BCUT2D eigenvalue weighted by molar-refractivity contribution is 5.81. The number of benzene rings is 1. The van der Waals surface area contributed by atoms with Crippen molar-refractivity contribution in [1.82, 2.24) is 19.9 Å². The van der Waals surface area contributed by atoms with Crippen molar-refractivity contribution in [2.45, 2.75) is 44.8 Å². The minimum absolute atomic E-state index is 0.464. The summed E-state index contributed by atoms with van der Waals surface area (Å²) in [5.74, 6) is 0.890. The zero-order valence-corrected chi connectivity index (χ0v) is 13.8. The summed E-state index contributed by atoms with van der Waals surface area (Å²) < 4.78 is 0.